The van der Waals surface area contributed by atoms with Crippen molar-refractivity contribution in [1.82, 2.24) is 10.1 Å². The lowest BCUT2D eigenvalue weighted by molar-refractivity contribution is 0.0750. The molecule has 3 rings (SSSR count). The summed E-state index contributed by atoms with van der Waals surface area (Å²) in [4.78, 5) is 13.7. The van der Waals surface area contributed by atoms with Gasteiger partial charge < -0.3 is 13.8 Å². The van der Waals surface area contributed by atoms with Gasteiger partial charge in [-0.05, 0) is 31.5 Å². The van der Waals surface area contributed by atoms with E-state index in [9.17, 15) is 4.79 Å². The molecular weight excluding hydrogens is 292 g/mol. The molecule has 5 heteroatoms. The minimum atomic E-state index is -0.189. The van der Waals surface area contributed by atoms with Crippen LogP contribution in [0.3, 0.4) is 0 Å². The third-order valence-electron chi connectivity index (χ3n) is 3.68. The van der Waals surface area contributed by atoms with Crippen LogP contribution in [0.4, 0.5) is 0 Å². The number of carbonyl (C=O) groups is 1. The third kappa shape index (κ3) is 3.18. The van der Waals surface area contributed by atoms with Crippen molar-refractivity contribution in [3.8, 4) is 11.3 Å². The number of carbonyl (C=O) groups excluding carboxylic acids is 1. The quantitative estimate of drug-likeness (QED) is 0.735. The lowest BCUT2D eigenvalue weighted by Crippen LogP contribution is -2.25. The second-order valence-electron chi connectivity index (χ2n) is 5.64. The first-order valence-electron chi connectivity index (χ1n) is 7.37. The summed E-state index contributed by atoms with van der Waals surface area (Å²) in [6, 6.07) is 11.4. The van der Waals surface area contributed by atoms with Crippen molar-refractivity contribution >= 4 is 5.91 Å². The lowest BCUT2D eigenvalue weighted by atomic mass is 10.0. The summed E-state index contributed by atoms with van der Waals surface area (Å²) in [6.07, 6.45) is 1.48. The summed E-state index contributed by atoms with van der Waals surface area (Å²) < 4.78 is 10.6. The first-order chi connectivity index (χ1) is 11.0. The first-order valence-corrected chi connectivity index (χ1v) is 7.37. The third-order valence-corrected chi connectivity index (χ3v) is 3.68. The summed E-state index contributed by atoms with van der Waals surface area (Å²) in [5, 5.41) is 4.06. The Hall–Kier alpha value is -2.82. The number of rotatable bonds is 4. The molecule has 0 unspecified atom stereocenters. The van der Waals surface area contributed by atoms with Crippen LogP contribution in [0.2, 0.25) is 0 Å². The summed E-state index contributed by atoms with van der Waals surface area (Å²) >= 11 is 0. The summed E-state index contributed by atoms with van der Waals surface area (Å²) in [7, 11) is 1.70. The van der Waals surface area contributed by atoms with Gasteiger partial charge in [0.15, 0.2) is 11.5 Å². The van der Waals surface area contributed by atoms with Gasteiger partial charge in [-0.3, -0.25) is 4.79 Å². The molecule has 1 aromatic carbocycles. The molecule has 0 radical (unpaired) electrons. The van der Waals surface area contributed by atoms with Crippen molar-refractivity contribution in [3.05, 3.63) is 65.2 Å². The van der Waals surface area contributed by atoms with Gasteiger partial charge in [0.25, 0.3) is 5.91 Å². The van der Waals surface area contributed by atoms with Crippen LogP contribution in [0, 0.1) is 13.8 Å². The Kier molecular flexibility index (Phi) is 4.02. The molecule has 0 atom stereocenters. The van der Waals surface area contributed by atoms with Crippen molar-refractivity contribution in [2.24, 2.45) is 0 Å². The maximum atomic E-state index is 12.2. The number of aromatic nitrogens is 1. The van der Waals surface area contributed by atoms with E-state index in [2.05, 4.69) is 18.1 Å². The van der Waals surface area contributed by atoms with Crippen LogP contribution in [0.25, 0.3) is 11.3 Å². The highest BCUT2D eigenvalue weighted by atomic mass is 16.5. The Balaban J connectivity index is 1.76. The molecule has 0 N–H and O–H groups in total. The van der Waals surface area contributed by atoms with Gasteiger partial charge in [-0.2, -0.15) is 0 Å². The van der Waals surface area contributed by atoms with E-state index in [0.717, 1.165) is 11.1 Å². The monoisotopic (exact) mass is 310 g/mol. The number of furan rings is 1. The molecule has 0 aliphatic carbocycles. The van der Waals surface area contributed by atoms with Gasteiger partial charge in [0.2, 0.25) is 0 Å². The summed E-state index contributed by atoms with van der Waals surface area (Å²) in [5.74, 6) is 0.827. The zero-order valence-corrected chi connectivity index (χ0v) is 13.4. The van der Waals surface area contributed by atoms with E-state index < -0.39 is 0 Å². The van der Waals surface area contributed by atoms with Crippen LogP contribution in [0.1, 0.15) is 27.4 Å². The molecule has 23 heavy (non-hydrogen) atoms. The zero-order chi connectivity index (χ0) is 16.4. The number of hydrogen-bond acceptors (Lipinski definition) is 4. The molecule has 118 valence electrons. The molecule has 0 saturated carbocycles. The van der Waals surface area contributed by atoms with Gasteiger partial charge >= 0.3 is 0 Å². The first kappa shape index (κ1) is 15.1. The molecule has 0 spiro atoms. The van der Waals surface area contributed by atoms with Gasteiger partial charge in [0, 0.05) is 18.7 Å². The second-order valence-corrected chi connectivity index (χ2v) is 5.64. The Bertz CT molecular complexity index is 819. The predicted octanol–water partition coefficient (Wildman–Crippen LogP) is 3.82. The fraction of sp³-hybridized carbons (Fsp3) is 0.222. The van der Waals surface area contributed by atoms with Crippen LogP contribution < -0.4 is 0 Å². The summed E-state index contributed by atoms with van der Waals surface area (Å²) in [5.41, 5.74) is 4.04. The Labute approximate surface area is 134 Å². The average molecular weight is 310 g/mol. The Morgan fingerprint density at radius 3 is 2.74 bits per heavy atom. The SMILES string of the molecule is Cc1ccc(-c2cc(CN(C)C(=O)c3ccco3)no2)c(C)c1. The fourth-order valence-corrected chi connectivity index (χ4v) is 2.51. The highest BCUT2D eigenvalue weighted by molar-refractivity contribution is 5.91. The number of benzene rings is 1. The minimum absolute atomic E-state index is 0.189. The molecule has 0 aliphatic rings. The van der Waals surface area contributed by atoms with Crippen molar-refractivity contribution < 1.29 is 13.7 Å². The van der Waals surface area contributed by atoms with Crippen LogP contribution in [0.15, 0.2) is 51.6 Å². The number of hydrogen-bond donors (Lipinski definition) is 0. The fourth-order valence-electron chi connectivity index (χ4n) is 2.51. The van der Waals surface area contributed by atoms with Crippen molar-refractivity contribution in [2.45, 2.75) is 20.4 Å². The van der Waals surface area contributed by atoms with E-state index in [1.165, 1.54) is 11.8 Å². The average Bonchev–Trinajstić information content (AvgIpc) is 3.18. The number of amides is 1. The smallest absolute Gasteiger partial charge is 0.289 e. The van der Waals surface area contributed by atoms with Gasteiger partial charge in [0.1, 0.15) is 5.69 Å². The van der Waals surface area contributed by atoms with Crippen molar-refractivity contribution in [3.63, 3.8) is 0 Å². The van der Waals surface area contributed by atoms with E-state index in [4.69, 9.17) is 8.94 Å². The summed E-state index contributed by atoms with van der Waals surface area (Å²) in [6.45, 7) is 4.45. The zero-order valence-electron chi connectivity index (χ0n) is 13.4. The van der Waals surface area contributed by atoms with E-state index in [0.29, 0.717) is 23.8 Å². The van der Waals surface area contributed by atoms with E-state index in [1.54, 1.807) is 24.1 Å². The Morgan fingerprint density at radius 1 is 1.22 bits per heavy atom. The molecular formula is C18H18N2O3. The molecule has 5 nitrogen and oxygen atoms in total. The molecule has 0 saturated heterocycles. The number of aryl methyl sites for hydroxylation is 2. The molecule has 2 heterocycles. The van der Waals surface area contributed by atoms with Gasteiger partial charge in [-0.25, -0.2) is 0 Å². The molecule has 0 bridgehead atoms. The standard InChI is InChI=1S/C18H18N2O3/c1-12-6-7-15(13(2)9-12)17-10-14(19-23-17)11-20(3)18(21)16-5-4-8-22-16/h4-10H,11H2,1-3H3. The largest absolute Gasteiger partial charge is 0.459 e. The maximum absolute atomic E-state index is 12.2. The topological polar surface area (TPSA) is 59.5 Å². The van der Waals surface area contributed by atoms with E-state index in [-0.39, 0.29) is 5.91 Å². The predicted molar refractivity (Wildman–Crippen MR) is 85.9 cm³/mol. The number of nitrogens with zero attached hydrogens (tertiary/aromatic N) is 2. The Morgan fingerprint density at radius 2 is 2.04 bits per heavy atom. The van der Waals surface area contributed by atoms with Gasteiger partial charge in [0.05, 0.1) is 12.8 Å². The van der Waals surface area contributed by atoms with Crippen molar-refractivity contribution in [2.75, 3.05) is 7.05 Å². The highest BCUT2D eigenvalue weighted by Crippen LogP contribution is 2.25. The van der Waals surface area contributed by atoms with Crippen LogP contribution in [-0.2, 0) is 6.54 Å². The van der Waals surface area contributed by atoms with Crippen LogP contribution in [0.5, 0.6) is 0 Å². The van der Waals surface area contributed by atoms with Crippen LogP contribution in [-0.4, -0.2) is 23.0 Å². The molecule has 3 aromatic rings. The van der Waals surface area contributed by atoms with Gasteiger partial charge in [-0.15, -0.1) is 0 Å². The minimum Gasteiger partial charge on any atom is -0.459 e. The maximum Gasteiger partial charge on any atom is 0.289 e. The highest BCUT2D eigenvalue weighted by Gasteiger charge is 2.17. The molecule has 1 amide bonds. The lowest BCUT2D eigenvalue weighted by Gasteiger charge is -2.13. The molecule has 0 aliphatic heterocycles. The normalized spacial score (nSPS) is 10.7. The van der Waals surface area contributed by atoms with Gasteiger partial charge in [-0.1, -0.05) is 28.9 Å². The van der Waals surface area contributed by atoms with Crippen molar-refractivity contribution in [1.29, 1.82) is 0 Å². The van der Waals surface area contributed by atoms with E-state index >= 15 is 0 Å². The molecule has 2 aromatic heterocycles. The van der Waals surface area contributed by atoms with E-state index in [1.807, 2.05) is 25.1 Å². The van der Waals surface area contributed by atoms with Crippen LogP contribution >= 0.6 is 0 Å². The second kappa shape index (κ2) is 6.12. The molecule has 0 fully saturated rings.